The Balaban J connectivity index is 3.94. The molecule has 2 N–H and O–H groups in total. The van der Waals surface area contributed by atoms with Gasteiger partial charge in [-0.25, -0.2) is 0 Å². The van der Waals surface area contributed by atoms with Crippen LogP contribution in [0.25, 0.3) is 0 Å². The van der Waals surface area contributed by atoms with Crippen LogP contribution in [0.15, 0.2) is 0 Å². The predicted octanol–water partition coefficient (Wildman–Crippen LogP) is 2.19. The molecule has 0 bridgehead atoms. The van der Waals surface area contributed by atoms with Gasteiger partial charge in [-0.3, -0.25) is 0 Å². The van der Waals surface area contributed by atoms with E-state index in [0.717, 1.165) is 6.42 Å². The molecule has 15 heavy (non-hydrogen) atoms. The molecule has 0 heterocycles. The lowest BCUT2D eigenvalue weighted by Crippen LogP contribution is -2.37. The first-order valence-electron chi connectivity index (χ1n) is 5.60. The van der Waals surface area contributed by atoms with Crippen LogP contribution in [0.2, 0.25) is 0 Å². The Bertz CT molecular complexity index is 173. The summed E-state index contributed by atoms with van der Waals surface area (Å²) in [6, 6.07) is 0. The molecular formula is C12H27NO2. The van der Waals surface area contributed by atoms with Crippen molar-refractivity contribution in [2.24, 2.45) is 11.1 Å². The van der Waals surface area contributed by atoms with E-state index in [1.54, 1.807) is 7.11 Å². The molecule has 0 aromatic heterocycles. The fourth-order valence-electron chi connectivity index (χ4n) is 1.22. The van der Waals surface area contributed by atoms with Crippen molar-refractivity contribution in [1.82, 2.24) is 0 Å². The fourth-order valence-corrected chi connectivity index (χ4v) is 1.22. The predicted molar refractivity (Wildman–Crippen MR) is 64.0 cm³/mol. The van der Waals surface area contributed by atoms with Gasteiger partial charge in [0.05, 0.1) is 11.7 Å². The summed E-state index contributed by atoms with van der Waals surface area (Å²) in [6.45, 7) is 11.8. The molecule has 0 spiro atoms. The smallest absolute Gasteiger partial charge is 0.0745 e. The Labute approximate surface area is 94.3 Å². The maximum Gasteiger partial charge on any atom is 0.0745 e. The Morgan fingerprint density at radius 3 is 2.00 bits per heavy atom. The highest BCUT2D eigenvalue weighted by molar-refractivity contribution is 4.76. The minimum atomic E-state index is -0.114. The van der Waals surface area contributed by atoms with Crippen LogP contribution in [0.4, 0.5) is 0 Å². The molecule has 0 aliphatic rings. The van der Waals surface area contributed by atoms with Crippen molar-refractivity contribution < 1.29 is 9.47 Å². The molecule has 0 rings (SSSR count). The van der Waals surface area contributed by atoms with Crippen molar-refractivity contribution in [2.75, 3.05) is 20.3 Å². The lowest BCUT2D eigenvalue weighted by Gasteiger charge is -2.31. The number of hydrogen-bond donors (Lipinski definition) is 1. The van der Waals surface area contributed by atoms with Crippen molar-refractivity contribution in [3.63, 3.8) is 0 Å². The number of hydrogen-bond acceptors (Lipinski definition) is 3. The van der Waals surface area contributed by atoms with E-state index in [-0.39, 0.29) is 17.1 Å². The lowest BCUT2D eigenvalue weighted by atomic mass is 9.89. The van der Waals surface area contributed by atoms with E-state index in [1.807, 2.05) is 0 Å². The highest BCUT2D eigenvalue weighted by Gasteiger charge is 2.25. The van der Waals surface area contributed by atoms with E-state index >= 15 is 0 Å². The Morgan fingerprint density at radius 1 is 1.13 bits per heavy atom. The highest BCUT2D eigenvalue weighted by atomic mass is 16.5. The molecule has 0 aliphatic heterocycles. The molecule has 1 unspecified atom stereocenters. The highest BCUT2D eigenvalue weighted by Crippen LogP contribution is 2.22. The van der Waals surface area contributed by atoms with Crippen LogP contribution in [-0.2, 0) is 9.47 Å². The monoisotopic (exact) mass is 217 g/mol. The number of methoxy groups -OCH3 is 1. The van der Waals surface area contributed by atoms with E-state index < -0.39 is 0 Å². The van der Waals surface area contributed by atoms with Gasteiger partial charge in [0.2, 0.25) is 0 Å². The second-order valence-electron chi connectivity index (χ2n) is 5.67. The summed E-state index contributed by atoms with van der Waals surface area (Å²) in [7, 11) is 1.73. The first-order valence-corrected chi connectivity index (χ1v) is 5.60. The largest absolute Gasteiger partial charge is 0.379 e. The van der Waals surface area contributed by atoms with Gasteiger partial charge in [-0.2, -0.15) is 0 Å². The fraction of sp³-hybridized carbons (Fsp3) is 1.00. The van der Waals surface area contributed by atoms with Gasteiger partial charge in [-0.05, 0) is 25.7 Å². The maximum absolute atomic E-state index is 5.79. The number of rotatable bonds is 6. The van der Waals surface area contributed by atoms with Crippen LogP contribution < -0.4 is 5.73 Å². The molecule has 0 aromatic carbocycles. The average Bonchev–Trinajstić information content (AvgIpc) is 2.10. The molecule has 3 nitrogen and oxygen atoms in total. The average molecular weight is 217 g/mol. The first-order chi connectivity index (χ1) is 6.73. The number of ether oxygens (including phenoxy) is 2. The topological polar surface area (TPSA) is 44.5 Å². The summed E-state index contributed by atoms with van der Waals surface area (Å²) < 4.78 is 11.1. The van der Waals surface area contributed by atoms with Gasteiger partial charge >= 0.3 is 0 Å². The second kappa shape index (κ2) is 5.83. The third-order valence-corrected chi connectivity index (χ3v) is 2.76. The SMILES string of the molecule is COC(C)(C)CCOC(CN)C(C)(C)C. The van der Waals surface area contributed by atoms with Crippen molar-refractivity contribution in [2.45, 2.75) is 52.7 Å². The third-order valence-electron chi connectivity index (χ3n) is 2.76. The van der Waals surface area contributed by atoms with Crippen LogP contribution in [0, 0.1) is 5.41 Å². The van der Waals surface area contributed by atoms with Gasteiger partial charge in [0.25, 0.3) is 0 Å². The normalized spacial score (nSPS) is 15.4. The lowest BCUT2D eigenvalue weighted by molar-refractivity contribution is -0.0516. The van der Waals surface area contributed by atoms with Crippen LogP contribution in [0.3, 0.4) is 0 Å². The molecular weight excluding hydrogens is 190 g/mol. The molecule has 0 radical (unpaired) electrons. The minimum absolute atomic E-state index is 0.103. The van der Waals surface area contributed by atoms with Gasteiger partial charge in [0.15, 0.2) is 0 Å². The van der Waals surface area contributed by atoms with Gasteiger partial charge in [-0.15, -0.1) is 0 Å². The first kappa shape index (κ1) is 14.9. The third kappa shape index (κ3) is 6.13. The van der Waals surface area contributed by atoms with Crippen LogP contribution in [0.5, 0.6) is 0 Å². The van der Waals surface area contributed by atoms with Crippen LogP contribution in [-0.4, -0.2) is 32.0 Å². The Kier molecular flexibility index (Phi) is 5.78. The number of nitrogens with two attached hydrogens (primary N) is 1. The van der Waals surface area contributed by atoms with E-state index in [2.05, 4.69) is 34.6 Å². The van der Waals surface area contributed by atoms with Gasteiger partial charge < -0.3 is 15.2 Å². The van der Waals surface area contributed by atoms with Gasteiger partial charge in [0.1, 0.15) is 0 Å². The summed E-state index contributed by atoms with van der Waals surface area (Å²) in [6.07, 6.45) is 1.00. The van der Waals surface area contributed by atoms with E-state index in [9.17, 15) is 0 Å². The van der Waals surface area contributed by atoms with Crippen molar-refractivity contribution in [3.8, 4) is 0 Å². The molecule has 0 fully saturated rings. The molecule has 0 saturated heterocycles. The summed E-state index contributed by atoms with van der Waals surface area (Å²) in [4.78, 5) is 0. The minimum Gasteiger partial charge on any atom is -0.379 e. The molecule has 3 heteroatoms. The Morgan fingerprint density at radius 2 is 1.67 bits per heavy atom. The molecule has 0 saturated carbocycles. The molecule has 1 atom stereocenters. The van der Waals surface area contributed by atoms with E-state index in [1.165, 1.54) is 0 Å². The Hall–Kier alpha value is -0.120. The zero-order chi connectivity index (χ0) is 12.1. The molecule has 0 aliphatic carbocycles. The van der Waals surface area contributed by atoms with Crippen molar-refractivity contribution >= 4 is 0 Å². The summed E-state index contributed by atoms with van der Waals surface area (Å²) in [5.41, 5.74) is 5.67. The maximum atomic E-state index is 5.79. The summed E-state index contributed by atoms with van der Waals surface area (Å²) >= 11 is 0. The van der Waals surface area contributed by atoms with Gasteiger partial charge in [0, 0.05) is 20.3 Å². The molecule has 0 amide bonds. The van der Waals surface area contributed by atoms with Crippen LogP contribution in [0.1, 0.15) is 41.0 Å². The molecule has 0 aromatic rings. The summed E-state index contributed by atoms with van der Waals surface area (Å²) in [5, 5.41) is 0. The molecule has 92 valence electrons. The van der Waals surface area contributed by atoms with Crippen LogP contribution >= 0.6 is 0 Å². The van der Waals surface area contributed by atoms with Crippen molar-refractivity contribution in [3.05, 3.63) is 0 Å². The van der Waals surface area contributed by atoms with E-state index in [0.29, 0.717) is 13.2 Å². The zero-order valence-corrected chi connectivity index (χ0v) is 11.1. The summed E-state index contributed by atoms with van der Waals surface area (Å²) in [5.74, 6) is 0. The van der Waals surface area contributed by atoms with Gasteiger partial charge in [-0.1, -0.05) is 20.8 Å². The quantitative estimate of drug-likeness (QED) is 0.741. The second-order valence-corrected chi connectivity index (χ2v) is 5.67. The standard InChI is InChI=1S/C12H27NO2/c1-11(2,3)10(9-13)15-8-7-12(4,5)14-6/h10H,7-9,13H2,1-6H3. The van der Waals surface area contributed by atoms with E-state index in [4.69, 9.17) is 15.2 Å². The zero-order valence-electron chi connectivity index (χ0n) is 11.1. The van der Waals surface area contributed by atoms with Crippen molar-refractivity contribution in [1.29, 1.82) is 0 Å².